The predicted molar refractivity (Wildman–Crippen MR) is 162 cm³/mol. The molecule has 20 heteroatoms. The first-order valence-corrected chi connectivity index (χ1v) is 16.9. The number of nitrogens with zero attached hydrogens (tertiary/aromatic N) is 6. The van der Waals surface area contributed by atoms with E-state index in [4.69, 9.17) is 0 Å². The lowest BCUT2D eigenvalue weighted by atomic mass is 10.1. The van der Waals surface area contributed by atoms with Crippen molar-refractivity contribution in [1.29, 1.82) is 0 Å². The Labute approximate surface area is 258 Å². The molecule has 2 aromatic carbocycles. The summed E-state index contributed by atoms with van der Waals surface area (Å²) in [6, 6.07) is 7.61. The Balaban J connectivity index is 0.000000246. The van der Waals surface area contributed by atoms with Gasteiger partial charge in [0, 0.05) is 76.6 Å². The van der Waals surface area contributed by atoms with Gasteiger partial charge in [0.2, 0.25) is 20.0 Å². The summed E-state index contributed by atoms with van der Waals surface area (Å²) in [5, 5.41) is 30.8. The van der Waals surface area contributed by atoms with E-state index in [-0.39, 0.29) is 48.7 Å². The number of methoxy groups -OCH3 is 1. The zero-order valence-corrected chi connectivity index (χ0v) is 26.2. The zero-order chi connectivity index (χ0) is 33.7. The number of nitro groups is 2. The fraction of sp³-hybridized carbons (Fsp3) is 0.440. The molecule has 4 rings (SSSR count). The Morgan fingerprint density at radius 2 is 1.07 bits per heavy atom. The minimum atomic E-state index is -3.27. The van der Waals surface area contributed by atoms with Crippen molar-refractivity contribution in [2.75, 3.05) is 81.8 Å². The van der Waals surface area contributed by atoms with E-state index in [9.17, 15) is 51.8 Å². The fourth-order valence-electron chi connectivity index (χ4n) is 4.79. The molecule has 0 aromatic heterocycles. The third kappa shape index (κ3) is 8.84. The van der Waals surface area contributed by atoms with E-state index in [1.807, 2.05) is 4.90 Å². The van der Waals surface area contributed by atoms with Crippen molar-refractivity contribution < 1.29 is 46.1 Å². The molecule has 0 amide bonds. The van der Waals surface area contributed by atoms with Gasteiger partial charge in [0.05, 0.1) is 52.0 Å². The summed E-state index contributed by atoms with van der Waals surface area (Å²) in [5.41, 5.74) is 0.276. The van der Waals surface area contributed by atoms with Crippen molar-refractivity contribution in [3.63, 3.8) is 0 Å². The number of rotatable bonds is 8. The monoisotopic (exact) mass is 672 g/mol. The number of hydrogen-bond acceptors (Lipinski definition) is 13. The number of carboxylic acids is 1. The number of piperazine rings is 2. The molecular weight excluding hydrogens is 640 g/mol. The second-order valence-corrected chi connectivity index (χ2v) is 14.0. The third-order valence-electron chi connectivity index (χ3n) is 7.11. The minimum Gasteiger partial charge on any atom is -0.478 e. The highest BCUT2D eigenvalue weighted by atomic mass is 32.2. The van der Waals surface area contributed by atoms with E-state index in [0.717, 1.165) is 18.6 Å². The van der Waals surface area contributed by atoms with Gasteiger partial charge >= 0.3 is 11.9 Å². The highest BCUT2D eigenvalue weighted by molar-refractivity contribution is 7.88. The first-order valence-electron chi connectivity index (χ1n) is 13.2. The van der Waals surface area contributed by atoms with Crippen molar-refractivity contribution in [3.05, 3.63) is 67.8 Å². The van der Waals surface area contributed by atoms with Crippen LogP contribution in [0.3, 0.4) is 0 Å². The summed E-state index contributed by atoms with van der Waals surface area (Å²) in [6.45, 7) is 2.48. The second kappa shape index (κ2) is 14.1. The van der Waals surface area contributed by atoms with Crippen LogP contribution >= 0.6 is 0 Å². The van der Waals surface area contributed by atoms with Gasteiger partial charge in [0.15, 0.2) is 0 Å². The number of nitro benzene ring substituents is 2. The number of anilines is 2. The lowest BCUT2D eigenvalue weighted by molar-refractivity contribution is -0.385. The van der Waals surface area contributed by atoms with Crippen molar-refractivity contribution in [1.82, 2.24) is 8.61 Å². The van der Waals surface area contributed by atoms with Crippen LogP contribution in [0, 0.1) is 20.2 Å². The molecule has 2 aliphatic heterocycles. The molecule has 18 nitrogen and oxygen atoms in total. The Bertz CT molecular complexity index is 1680. The van der Waals surface area contributed by atoms with Crippen LogP contribution in [0.4, 0.5) is 22.7 Å². The number of carboxylic acid groups (broad SMARTS) is 1. The molecule has 2 saturated heterocycles. The molecule has 2 aliphatic rings. The van der Waals surface area contributed by atoms with Gasteiger partial charge < -0.3 is 19.6 Å². The maximum atomic E-state index is 11.9. The maximum absolute atomic E-state index is 11.9. The smallest absolute Gasteiger partial charge is 0.340 e. The van der Waals surface area contributed by atoms with Crippen LogP contribution in [0.1, 0.15) is 20.7 Å². The topological polar surface area (TPSA) is 231 Å². The van der Waals surface area contributed by atoms with Crippen molar-refractivity contribution in [3.8, 4) is 0 Å². The molecule has 2 fully saturated rings. The van der Waals surface area contributed by atoms with Gasteiger partial charge in [-0.05, 0) is 12.1 Å². The van der Waals surface area contributed by atoms with Crippen LogP contribution < -0.4 is 9.80 Å². The Morgan fingerprint density at radius 3 is 1.38 bits per heavy atom. The lowest BCUT2D eigenvalue weighted by Gasteiger charge is -2.35. The van der Waals surface area contributed by atoms with Gasteiger partial charge in [-0.1, -0.05) is 0 Å². The Morgan fingerprint density at radius 1 is 0.711 bits per heavy atom. The molecule has 0 radical (unpaired) electrons. The molecule has 0 bridgehead atoms. The SMILES string of the molecule is COC(=O)c1cc([N+](=O)[O-])ccc1N1CCN(S(C)(=O)=O)CC1.CS(=O)(=O)N1CCN(c2ccc([N+](=O)[O-])cc2C(=O)O)CC1. The van der Waals surface area contributed by atoms with Crippen LogP contribution in [0.5, 0.6) is 0 Å². The van der Waals surface area contributed by atoms with E-state index >= 15 is 0 Å². The number of sulfonamides is 2. The van der Waals surface area contributed by atoms with Gasteiger partial charge in [-0.3, -0.25) is 20.2 Å². The Kier molecular flexibility index (Phi) is 11.0. The maximum Gasteiger partial charge on any atom is 0.340 e. The van der Waals surface area contributed by atoms with Crippen LogP contribution in [0.25, 0.3) is 0 Å². The summed E-state index contributed by atoms with van der Waals surface area (Å²) < 4.78 is 53.3. The first kappa shape index (κ1) is 35.1. The van der Waals surface area contributed by atoms with E-state index in [2.05, 4.69) is 4.74 Å². The standard InChI is InChI=1S/C13H17N3O6S.C12H15N3O6S/c1-22-13(17)11-9-10(16(18)19)3-4-12(11)14-5-7-15(8-6-14)23(2,20)21;1-22(20,21)14-6-4-13(5-7-14)11-3-2-9(15(18)19)8-10(11)12(16)17/h3-4,9H,5-8H2,1-2H3;2-3,8H,4-7H2,1H3,(H,16,17). The highest BCUT2D eigenvalue weighted by Crippen LogP contribution is 2.28. The number of non-ortho nitro benzene ring substituents is 2. The summed E-state index contributed by atoms with van der Waals surface area (Å²) in [7, 11) is -5.33. The molecular formula is C25H32N6O12S2. The van der Waals surface area contributed by atoms with Crippen molar-refractivity contribution >= 4 is 54.7 Å². The normalized spacial score (nSPS) is 16.3. The van der Waals surface area contributed by atoms with Gasteiger partial charge in [0.25, 0.3) is 11.4 Å². The number of carbonyl (C=O) groups is 2. The fourth-order valence-corrected chi connectivity index (χ4v) is 6.45. The summed E-state index contributed by atoms with van der Waals surface area (Å²) >= 11 is 0. The second-order valence-electron chi connectivity index (χ2n) is 10.0. The molecule has 0 saturated carbocycles. The largest absolute Gasteiger partial charge is 0.478 e. The van der Waals surface area contributed by atoms with Gasteiger partial charge in [-0.15, -0.1) is 0 Å². The van der Waals surface area contributed by atoms with E-state index in [0.29, 0.717) is 37.6 Å². The zero-order valence-electron chi connectivity index (χ0n) is 24.6. The van der Waals surface area contributed by atoms with Gasteiger partial charge in [0.1, 0.15) is 0 Å². The van der Waals surface area contributed by atoms with Crippen LogP contribution in [-0.4, -0.2) is 124 Å². The average molecular weight is 673 g/mol. The quantitative estimate of drug-likeness (QED) is 0.233. The van der Waals surface area contributed by atoms with Crippen molar-refractivity contribution in [2.24, 2.45) is 0 Å². The van der Waals surface area contributed by atoms with Crippen LogP contribution in [0.2, 0.25) is 0 Å². The molecule has 0 spiro atoms. The molecule has 45 heavy (non-hydrogen) atoms. The number of carbonyl (C=O) groups excluding carboxylic acids is 1. The number of esters is 1. The Hall–Kier alpha value is -4.40. The first-order chi connectivity index (χ1) is 20.9. The summed E-state index contributed by atoms with van der Waals surface area (Å²) in [5.74, 6) is -1.93. The minimum absolute atomic E-state index is 0.0921. The number of ether oxygens (including phenoxy) is 1. The summed E-state index contributed by atoms with van der Waals surface area (Å²) in [6.07, 6.45) is 2.27. The molecule has 0 unspecified atom stereocenters. The van der Waals surface area contributed by atoms with E-state index < -0.39 is 41.8 Å². The summed E-state index contributed by atoms with van der Waals surface area (Å²) in [4.78, 5) is 47.1. The molecule has 2 heterocycles. The predicted octanol–water partition coefficient (Wildman–Crippen LogP) is 0.838. The molecule has 2 aromatic rings. The lowest BCUT2D eigenvalue weighted by Crippen LogP contribution is -2.48. The van der Waals surface area contributed by atoms with Crippen LogP contribution in [-0.2, 0) is 24.8 Å². The molecule has 1 N–H and O–H groups in total. The van der Waals surface area contributed by atoms with E-state index in [1.54, 1.807) is 4.90 Å². The third-order valence-corrected chi connectivity index (χ3v) is 9.72. The number of benzene rings is 2. The average Bonchev–Trinajstić information content (AvgIpc) is 2.99. The molecule has 246 valence electrons. The van der Waals surface area contributed by atoms with E-state index in [1.165, 1.54) is 46.1 Å². The molecule has 0 atom stereocenters. The van der Waals surface area contributed by atoms with Crippen molar-refractivity contribution in [2.45, 2.75) is 0 Å². The van der Waals surface area contributed by atoms with Gasteiger partial charge in [-0.2, -0.15) is 8.61 Å². The highest BCUT2D eigenvalue weighted by Gasteiger charge is 2.28. The number of hydrogen-bond donors (Lipinski definition) is 1. The molecule has 0 aliphatic carbocycles. The van der Waals surface area contributed by atoms with Gasteiger partial charge in [-0.25, -0.2) is 26.4 Å². The van der Waals surface area contributed by atoms with Crippen LogP contribution in [0.15, 0.2) is 36.4 Å². The number of aromatic carboxylic acids is 1.